The van der Waals surface area contributed by atoms with Crippen LogP contribution in [0.25, 0.3) is 0 Å². The first kappa shape index (κ1) is 9.44. The summed E-state index contributed by atoms with van der Waals surface area (Å²) >= 11 is 0. The standard InChI is InChI=1S/C10H20N2O/c11-8-4-6-12(7-5-8)9-2-1-3-10(9)13/h8-10,13H,1-7,11H2/t9-,10-/m1/s1. The number of likely N-dealkylation sites (tertiary alicyclic amines) is 1. The van der Waals surface area contributed by atoms with Crippen LogP contribution in [0.1, 0.15) is 32.1 Å². The van der Waals surface area contributed by atoms with Crippen molar-refractivity contribution in [2.45, 2.75) is 50.3 Å². The molecule has 0 amide bonds. The maximum Gasteiger partial charge on any atom is 0.0695 e. The molecule has 2 fully saturated rings. The molecule has 1 heterocycles. The molecule has 0 bridgehead atoms. The molecular formula is C10H20N2O. The maximum atomic E-state index is 9.73. The topological polar surface area (TPSA) is 49.5 Å². The quantitative estimate of drug-likeness (QED) is 0.617. The van der Waals surface area contributed by atoms with Crippen molar-refractivity contribution >= 4 is 0 Å². The molecule has 0 aromatic heterocycles. The average molecular weight is 184 g/mol. The molecule has 1 saturated carbocycles. The summed E-state index contributed by atoms with van der Waals surface area (Å²) in [6, 6.07) is 0.835. The van der Waals surface area contributed by atoms with Gasteiger partial charge in [0.1, 0.15) is 0 Å². The van der Waals surface area contributed by atoms with Crippen molar-refractivity contribution in [2.24, 2.45) is 5.73 Å². The third-order valence-corrected chi connectivity index (χ3v) is 3.49. The molecule has 2 atom stereocenters. The molecule has 76 valence electrons. The lowest BCUT2D eigenvalue weighted by molar-refractivity contribution is 0.0557. The molecule has 1 aliphatic carbocycles. The van der Waals surface area contributed by atoms with Crippen LogP contribution in [0.2, 0.25) is 0 Å². The van der Waals surface area contributed by atoms with Crippen LogP contribution in [0, 0.1) is 0 Å². The lowest BCUT2D eigenvalue weighted by Crippen LogP contribution is -2.47. The van der Waals surface area contributed by atoms with Gasteiger partial charge in [-0.25, -0.2) is 0 Å². The molecule has 1 aliphatic heterocycles. The second-order valence-corrected chi connectivity index (χ2v) is 4.44. The number of nitrogens with zero attached hydrogens (tertiary/aromatic N) is 1. The van der Waals surface area contributed by atoms with Gasteiger partial charge in [-0.1, -0.05) is 0 Å². The molecule has 2 aliphatic rings. The fraction of sp³-hybridized carbons (Fsp3) is 1.00. The molecule has 0 unspecified atom stereocenters. The van der Waals surface area contributed by atoms with Crippen LogP contribution in [0.5, 0.6) is 0 Å². The van der Waals surface area contributed by atoms with Gasteiger partial charge in [0.15, 0.2) is 0 Å². The van der Waals surface area contributed by atoms with Crippen LogP contribution in [-0.2, 0) is 0 Å². The van der Waals surface area contributed by atoms with E-state index < -0.39 is 0 Å². The average Bonchev–Trinajstić information content (AvgIpc) is 2.53. The summed E-state index contributed by atoms with van der Waals surface area (Å²) in [6.07, 6.45) is 5.49. The van der Waals surface area contributed by atoms with Gasteiger partial charge in [-0.3, -0.25) is 4.90 Å². The highest BCUT2D eigenvalue weighted by Gasteiger charge is 2.32. The first-order valence-electron chi connectivity index (χ1n) is 5.45. The number of nitrogens with two attached hydrogens (primary N) is 1. The maximum absolute atomic E-state index is 9.73. The SMILES string of the molecule is NC1CCN([C@@H]2CCC[C@H]2O)CC1. The minimum atomic E-state index is -0.0747. The Kier molecular flexibility index (Phi) is 2.86. The van der Waals surface area contributed by atoms with E-state index in [1.807, 2.05) is 0 Å². The number of hydrogen-bond acceptors (Lipinski definition) is 3. The first-order valence-corrected chi connectivity index (χ1v) is 5.45. The molecule has 3 heteroatoms. The Balaban J connectivity index is 1.86. The second-order valence-electron chi connectivity index (χ2n) is 4.44. The predicted molar refractivity (Wildman–Crippen MR) is 52.4 cm³/mol. The largest absolute Gasteiger partial charge is 0.391 e. The highest BCUT2D eigenvalue weighted by Crippen LogP contribution is 2.26. The van der Waals surface area contributed by atoms with E-state index in [1.54, 1.807) is 0 Å². The van der Waals surface area contributed by atoms with E-state index in [2.05, 4.69) is 4.90 Å². The zero-order valence-corrected chi connectivity index (χ0v) is 8.15. The van der Waals surface area contributed by atoms with Crippen molar-refractivity contribution in [1.29, 1.82) is 0 Å². The van der Waals surface area contributed by atoms with Crippen molar-refractivity contribution < 1.29 is 5.11 Å². The van der Waals surface area contributed by atoms with Crippen molar-refractivity contribution in [3.8, 4) is 0 Å². The van der Waals surface area contributed by atoms with Crippen LogP contribution in [-0.4, -0.2) is 41.3 Å². The zero-order chi connectivity index (χ0) is 9.26. The molecule has 0 aromatic carbocycles. The number of hydrogen-bond donors (Lipinski definition) is 2. The Bertz CT molecular complexity index is 166. The molecule has 1 saturated heterocycles. The van der Waals surface area contributed by atoms with Crippen LogP contribution in [0.15, 0.2) is 0 Å². The van der Waals surface area contributed by atoms with E-state index in [-0.39, 0.29) is 6.10 Å². The van der Waals surface area contributed by atoms with E-state index in [0.29, 0.717) is 12.1 Å². The summed E-state index contributed by atoms with van der Waals surface area (Å²) in [5.74, 6) is 0. The van der Waals surface area contributed by atoms with Crippen molar-refractivity contribution in [3.63, 3.8) is 0 Å². The van der Waals surface area contributed by atoms with Crippen LogP contribution >= 0.6 is 0 Å². The number of piperidine rings is 1. The Labute approximate surface area is 79.9 Å². The van der Waals surface area contributed by atoms with Gasteiger partial charge in [0.25, 0.3) is 0 Å². The van der Waals surface area contributed by atoms with E-state index in [1.165, 1.54) is 12.8 Å². The van der Waals surface area contributed by atoms with Crippen molar-refractivity contribution in [1.82, 2.24) is 4.90 Å². The van der Waals surface area contributed by atoms with Crippen LogP contribution < -0.4 is 5.73 Å². The fourth-order valence-corrected chi connectivity index (χ4v) is 2.60. The van der Waals surface area contributed by atoms with Crippen LogP contribution in [0.3, 0.4) is 0 Å². The fourth-order valence-electron chi connectivity index (χ4n) is 2.60. The molecule has 0 spiro atoms. The number of aliphatic hydroxyl groups is 1. The molecular weight excluding hydrogens is 164 g/mol. The monoisotopic (exact) mass is 184 g/mol. The first-order chi connectivity index (χ1) is 6.27. The summed E-state index contributed by atoms with van der Waals surface area (Å²) in [6.45, 7) is 2.17. The Morgan fingerprint density at radius 1 is 1.08 bits per heavy atom. The molecule has 13 heavy (non-hydrogen) atoms. The molecule has 0 aromatic rings. The van der Waals surface area contributed by atoms with Crippen LogP contribution in [0.4, 0.5) is 0 Å². The molecule has 0 radical (unpaired) electrons. The normalized spacial score (nSPS) is 38.3. The van der Waals surface area contributed by atoms with Gasteiger partial charge in [0, 0.05) is 25.2 Å². The Hall–Kier alpha value is -0.120. The summed E-state index contributed by atoms with van der Waals surface area (Å²) < 4.78 is 0. The van der Waals surface area contributed by atoms with Gasteiger partial charge >= 0.3 is 0 Å². The highest BCUT2D eigenvalue weighted by atomic mass is 16.3. The molecule has 3 N–H and O–H groups in total. The second kappa shape index (κ2) is 3.95. The van der Waals surface area contributed by atoms with E-state index in [0.717, 1.165) is 32.4 Å². The number of rotatable bonds is 1. The van der Waals surface area contributed by atoms with E-state index >= 15 is 0 Å². The lowest BCUT2D eigenvalue weighted by Gasteiger charge is -2.36. The predicted octanol–water partition coefficient (Wildman–Crippen LogP) is 0.323. The smallest absolute Gasteiger partial charge is 0.0695 e. The van der Waals surface area contributed by atoms with Crippen molar-refractivity contribution in [2.75, 3.05) is 13.1 Å². The van der Waals surface area contributed by atoms with Gasteiger partial charge in [0.2, 0.25) is 0 Å². The minimum Gasteiger partial charge on any atom is -0.391 e. The van der Waals surface area contributed by atoms with Gasteiger partial charge in [0.05, 0.1) is 6.10 Å². The summed E-state index contributed by atoms with van der Waals surface area (Å²) in [5, 5.41) is 9.73. The molecule has 3 nitrogen and oxygen atoms in total. The number of aliphatic hydroxyl groups excluding tert-OH is 1. The summed E-state index contributed by atoms with van der Waals surface area (Å²) in [4.78, 5) is 2.43. The van der Waals surface area contributed by atoms with Gasteiger partial charge in [-0.15, -0.1) is 0 Å². The Morgan fingerprint density at radius 2 is 1.77 bits per heavy atom. The van der Waals surface area contributed by atoms with Gasteiger partial charge < -0.3 is 10.8 Å². The van der Waals surface area contributed by atoms with Gasteiger partial charge in [-0.2, -0.15) is 0 Å². The zero-order valence-electron chi connectivity index (χ0n) is 8.15. The van der Waals surface area contributed by atoms with Crippen molar-refractivity contribution in [3.05, 3.63) is 0 Å². The van der Waals surface area contributed by atoms with Gasteiger partial charge in [-0.05, 0) is 32.1 Å². The third-order valence-electron chi connectivity index (χ3n) is 3.49. The lowest BCUT2D eigenvalue weighted by atomic mass is 10.0. The minimum absolute atomic E-state index is 0.0747. The summed E-state index contributed by atoms with van der Waals surface area (Å²) in [5.41, 5.74) is 5.84. The molecule has 2 rings (SSSR count). The van der Waals surface area contributed by atoms with E-state index in [9.17, 15) is 5.11 Å². The highest BCUT2D eigenvalue weighted by molar-refractivity contribution is 4.88. The summed E-state index contributed by atoms with van der Waals surface area (Å²) in [7, 11) is 0. The van der Waals surface area contributed by atoms with E-state index in [4.69, 9.17) is 5.73 Å². The Morgan fingerprint density at radius 3 is 2.31 bits per heavy atom. The third kappa shape index (κ3) is 2.03.